The molecule has 1 unspecified atom stereocenters. The van der Waals surface area contributed by atoms with Gasteiger partial charge >= 0.3 is 5.97 Å². The quantitative estimate of drug-likeness (QED) is 0.457. The number of piperazine rings is 1. The number of carbonyl (C=O) groups is 3. The van der Waals surface area contributed by atoms with Crippen molar-refractivity contribution in [2.45, 2.75) is 6.04 Å². The number of hydrogen-bond donors (Lipinski definition) is 5. The standard InChI is InChI=1S/C12H13N3O5/c16-9-2-1-6(12(19)20)3-7(9)15-11(18)8-4-14-10(17)5-13-8/h1-3,8,13,16H,4-5H2,(H,14,17)(H,15,18)(H,19,20). The van der Waals surface area contributed by atoms with Gasteiger partial charge in [-0.3, -0.25) is 14.9 Å². The van der Waals surface area contributed by atoms with Crippen LogP contribution in [0.4, 0.5) is 5.69 Å². The van der Waals surface area contributed by atoms with Gasteiger partial charge in [0.15, 0.2) is 0 Å². The van der Waals surface area contributed by atoms with Gasteiger partial charge in [-0.2, -0.15) is 0 Å². The molecule has 1 aliphatic rings. The largest absolute Gasteiger partial charge is 0.506 e. The van der Waals surface area contributed by atoms with Crippen molar-refractivity contribution in [3.05, 3.63) is 23.8 Å². The van der Waals surface area contributed by atoms with Crippen molar-refractivity contribution >= 4 is 23.5 Å². The first kappa shape index (κ1) is 13.8. The molecule has 0 aliphatic carbocycles. The summed E-state index contributed by atoms with van der Waals surface area (Å²) in [6.07, 6.45) is 0. The molecule has 106 valence electrons. The van der Waals surface area contributed by atoms with Crippen molar-refractivity contribution in [1.29, 1.82) is 0 Å². The van der Waals surface area contributed by atoms with Crippen molar-refractivity contribution in [1.82, 2.24) is 10.6 Å². The molecule has 0 bridgehead atoms. The van der Waals surface area contributed by atoms with Gasteiger partial charge in [0.1, 0.15) is 11.8 Å². The number of nitrogens with one attached hydrogen (secondary N) is 3. The van der Waals surface area contributed by atoms with Crippen LogP contribution in [0.15, 0.2) is 18.2 Å². The lowest BCUT2D eigenvalue weighted by molar-refractivity contribution is -0.124. The molecule has 1 aromatic carbocycles. The van der Waals surface area contributed by atoms with E-state index in [9.17, 15) is 19.5 Å². The van der Waals surface area contributed by atoms with E-state index < -0.39 is 17.9 Å². The highest BCUT2D eigenvalue weighted by atomic mass is 16.4. The van der Waals surface area contributed by atoms with Crippen LogP contribution in [0, 0.1) is 0 Å². The Bertz CT molecular complexity index is 562. The summed E-state index contributed by atoms with van der Waals surface area (Å²) in [5.74, 6) is -2.07. The summed E-state index contributed by atoms with van der Waals surface area (Å²) in [7, 11) is 0. The molecular weight excluding hydrogens is 266 g/mol. The van der Waals surface area contributed by atoms with E-state index in [1.807, 2.05) is 0 Å². The van der Waals surface area contributed by atoms with Crippen LogP contribution in [-0.4, -0.2) is 47.1 Å². The number of amides is 2. The zero-order chi connectivity index (χ0) is 14.7. The van der Waals surface area contributed by atoms with Crippen LogP contribution in [0.5, 0.6) is 5.75 Å². The molecule has 1 aliphatic heterocycles. The second-order valence-corrected chi connectivity index (χ2v) is 4.26. The Morgan fingerprint density at radius 1 is 1.35 bits per heavy atom. The molecule has 1 atom stereocenters. The van der Waals surface area contributed by atoms with Crippen molar-refractivity contribution < 1.29 is 24.6 Å². The fourth-order valence-electron chi connectivity index (χ4n) is 1.74. The second kappa shape index (κ2) is 5.57. The normalized spacial score (nSPS) is 18.2. The van der Waals surface area contributed by atoms with E-state index >= 15 is 0 Å². The number of anilines is 1. The molecule has 1 fully saturated rings. The first-order valence-electron chi connectivity index (χ1n) is 5.84. The number of phenols is 1. The maximum absolute atomic E-state index is 11.9. The Balaban J connectivity index is 2.09. The molecule has 8 nitrogen and oxygen atoms in total. The Kier molecular flexibility index (Phi) is 3.85. The number of hydrogen-bond acceptors (Lipinski definition) is 5. The predicted molar refractivity (Wildman–Crippen MR) is 68.5 cm³/mol. The van der Waals surface area contributed by atoms with Gasteiger partial charge in [0.2, 0.25) is 11.8 Å². The van der Waals surface area contributed by atoms with Crippen LogP contribution in [0.2, 0.25) is 0 Å². The average molecular weight is 279 g/mol. The number of aromatic carboxylic acids is 1. The lowest BCUT2D eigenvalue weighted by atomic mass is 10.1. The molecule has 0 saturated carbocycles. The minimum absolute atomic E-state index is 0.00796. The molecule has 1 aromatic rings. The summed E-state index contributed by atoms with van der Waals surface area (Å²) < 4.78 is 0. The van der Waals surface area contributed by atoms with Gasteiger partial charge in [-0.05, 0) is 18.2 Å². The first-order valence-corrected chi connectivity index (χ1v) is 5.84. The second-order valence-electron chi connectivity index (χ2n) is 4.26. The zero-order valence-electron chi connectivity index (χ0n) is 10.3. The van der Waals surface area contributed by atoms with Gasteiger partial charge < -0.3 is 20.8 Å². The van der Waals surface area contributed by atoms with Crippen LogP contribution in [0.25, 0.3) is 0 Å². The summed E-state index contributed by atoms with van der Waals surface area (Å²) in [5, 5.41) is 26.1. The van der Waals surface area contributed by atoms with Gasteiger partial charge in [-0.25, -0.2) is 4.79 Å². The first-order chi connectivity index (χ1) is 9.47. The Morgan fingerprint density at radius 2 is 2.10 bits per heavy atom. The molecule has 0 spiro atoms. The molecule has 1 saturated heterocycles. The Hall–Kier alpha value is -2.61. The van der Waals surface area contributed by atoms with Crippen LogP contribution in [0.1, 0.15) is 10.4 Å². The Morgan fingerprint density at radius 3 is 2.70 bits per heavy atom. The van der Waals surface area contributed by atoms with Crippen molar-refractivity contribution in [3.63, 3.8) is 0 Å². The molecule has 2 amide bonds. The van der Waals surface area contributed by atoms with Gasteiger partial charge in [-0.1, -0.05) is 0 Å². The van der Waals surface area contributed by atoms with Crippen LogP contribution in [0.3, 0.4) is 0 Å². The van der Waals surface area contributed by atoms with Crippen molar-refractivity contribution in [2.24, 2.45) is 0 Å². The number of phenolic OH excluding ortho intramolecular Hbond substituents is 1. The average Bonchev–Trinajstić information content (AvgIpc) is 2.41. The van der Waals surface area contributed by atoms with E-state index in [-0.39, 0.29) is 36.0 Å². The number of benzene rings is 1. The fourth-order valence-corrected chi connectivity index (χ4v) is 1.74. The number of carbonyl (C=O) groups excluding carboxylic acids is 2. The minimum atomic E-state index is -1.16. The summed E-state index contributed by atoms with van der Waals surface area (Å²) in [4.78, 5) is 33.7. The van der Waals surface area contributed by atoms with E-state index in [0.717, 1.165) is 6.07 Å². The minimum Gasteiger partial charge on any atom is -0.506 e. The molecular formula is C12H13N3O5. The number of rotatable bonds is 3. The maximum atomic E-state index is 11.9. The molecule has 8 heteroatoms. The number of carboxylic acids is 1. The highest BCUT2D eigenvalue weighted by Crippen LogP contribution is 2.24. The molecule has 5 N–H and O–H groups in total. The third-order valence-corrected chi connectivity index (χ3v) is 2.83. The van der Waals surface area contributed by atoms with Crippen molar-refractivity contribution in [2.75, 3.05) is 18.4 Å². The summed E-state index contributed by atoms with van der Waals surface area (Å²) in [6, 6.07) is 2.94. The zero-order valence-corrected chi connectivity index (χ0v) is 10.3. The predicted octanol–water partition coefficient (Wildman–Crippen LogP) is -0.883. The van der Waals surface area contributed by atoms with E-state index in [4.69, 9.17) is 5.11 Å². The molecule has 20 heavy (non-hydrogen) atoms. The summed E-state index contributed by atoms with van der Waals surface area (Å²) >= 11 is 0. The SMILES string of the molecule is O=C1CNC(C(=O)Nc2cc(C(=O)O)ccc2O)CN1. The van der Waals surface area contributed by atoms with E-state index in [1.54, 1.807) is 0 Å². The number of aromatic hydroxyl groups is 1. The Labute approximate surface area is 113 Å². The number of carboxylic acid groups (broad SMARTS) is 1. The highest BCUT2D eigenvalue weighted by Gasteiger charge is 2.24. The van der Waals surface area contributed by atoms with Gasteiger partial charge in [0.05, 0.1) is 17.8 Å². The lowest BCUT2D eigenvalue weighted by Gasteiger charge is -2.23. The van der Waals surface area contributed by atoms with Crippen molar-refractivity contribution in [3.8, 4) is 5.75 Å². The van der Waals surface area contributed by atoms with Gasteiger partial charge in [0.25, 0.3) is 0 Å². The molecule has 0 radical (unpaired) electrons. The fraction of sp³-hybridized carbons (Fsp3) is 0.250. The third-order valence-electron chi connectivity index (χ3n) is 2.83. The van der Waals surface area contributed by atoms with Crippen LogP contribution in [-0.2, 0) is 9.59 Å². The third kappa shape index (κ3) is 3.04. The lowest BCUT2D eigenvalue weighted by Crippen LogP contribution is -2.56. The summed E-state index contributed by atoms with van der Waals surface area (Å²) in [5.41, 5.74) is -0.0448. The molecule has 1 heterocycles. The van der Waals surface area contributed by atoms with Gasteiger partial charge in [-0.15, -0.1) is 0 Å². The monoisotopic (exact) mass is 279 g/mol. The molecule has 0 aromatic heterocycles. The van der Waals surface area contributed by atoms with Crippen LogP contribution < -0.4 is 16.0 Å². The highest BCUT2D eigenvalue weighted by molar-refractivity contribution is 5.99. The van der Waals surface area contributed by atoms with E-state index in [0.29, 0.717) is 0 Å². The summed E-state index contributed by atoms with van der Waals surface area (Å²) in [6.45, 7) is 0.156. The maximum Gasteiger partial charge on any atom is 0.335 e. The smallest absolute Gasteiger partial charge is 0.335 e. The van der Waals surface area contributed by atoms with E-state index in [2.05, 4.69) is 16.0 Å². The van der Waals surface area contributed by atoms with Crippen LogP contribution >= 0.6 is 0 Å². The van der Waals surface area contributed by atoms with Gasteiger partial charge in [0, 0.05) is 6.54 Å². The molecule has 2 rings (SSSR count). The van der Waals surface area contributed by atoms with E-state index in [1.165, 1.54) is 12.1 Å². The topological polar surface area (TPSA) is 128 Å².